The lowest BCUT2D eigenvalue weighted by atomic mass is 9.81. The van der Waals surface area contributed by atoms with Crippen molar-refractivity contribution in [3.63, 3.8) is 0 Å². The fraction of sp³-hybridized carbons (Fsp3) is 0.0625. The van der Waals surface area contributed by atoms with Crippen LogP contribution in [0.5, 0.6) is 5.75 Å². The molecule has 0 radical (unpaired) electrons. The Morgan fingerprint density at radius 3 is 0.795 bits per heavy atom. The van der Waals surface area contributed by atoms with Gasteiger partial charge in [-0.1, -0.05) is 72.8 Å². The Kier molecular flexibility index (Phi) is 7.41. The normalized spacial score (nSPS) is 11.6. The third-order valence-corrected chi connectivity index (χ3v) is 6.83. The van der Waals surface area contributed by atoms with Crippen molar-refractivity contribution in [1.29, 1.82) is 0 Å². The van der Waals surface area contributed by atoms with Crippen molar-refractivity contribution >= 4 is 17.1 Å². The standard InChI is InChI=1S/C32H23N3O4/c36-30-19-11-26(12-20-30)32(25-9-17-29(35-39)18-10-25)22-3-1-21(2-4-22)31(23-5-13-27(33-37)14-6-23)24-7-15-28(34-38)16-8-24/h1-20,31-32,36H. The number of benzene rings is 5. The molecular weight excluding hydrogens is 490 g/mol. The largest absolute Gasteiger partial charge is 0.508 e. The predicted octanol–water partition coefficient (Wildman–Crippen LogP) is 8.95. The first kappa shape index (κ1) is 25.4. The Bertz CT molecular complexity index is 1530. The number of hydrogen-bond acceptors (Lipinski definition) is 7. The summed E-state index contributed by atoms with van der Waals surface area (Å²) in [6.45, 7) is 0. The molecule has 5 aromatic carbocycles. The second-order valence-electron chi connectivity index (χ2n) is 9.17. The van der Waals surface area contributed by atoms with Gasteiger partial charge in [-0.2, -0.15) is 0 Å². The summed E-state index contributed by atoms with van der Waals surface area (Å²) in [7, 11) is 0. The van der Waals surface area contributed by atoms with E-state index in [-0.39, 0.29) is 17.6 Å². The smallest absolute Gasteiger partial charge is 0.115 e. The van der Waals surface area contributed by atoms with Gasteiger partial charge in [0.05, 0.1) is 0 Å². The van der Waals surface area contributed by atoms with Gasteiger partial charge in [-0.15, -0.1) is 14.7 Å². The molecule has 0 aliphatic heterocycles. The number of phenolic OH excluding ortho intramolecular Hbond substituents is 1. The zero-order valence-corrected chi connectivity index (χ0v) is 20.7. The molecule has 0 amide bonds. The van der Waals surface area contributed by atoms with Crippen molar-refractivity contribution in [2.45, 2.75) is 11.8 Å². The van der Waals surface area contributed by atoms with Crippen LogP contribution >= 0.6 is 0 Å². The molecule has 1 N–H and O–H groups in total. The van der Waals surface area contributed by atoms with Gasteiger partial charge in [-0.05, 0) is 97.4 Å². The van der Waals surface area contributed by atoms with Gasteiger partial charge in [0.15, 0.2) is 0 Å². The van der Waals surface area contributed by atoms with Crippen LogP contribution in [-0.2, 0) is 0 Å². The maximum Gasteiger partial charge on any atom is 0.115 e. The molecule has 0 aromatic heterocycles. The van der Waals surface area contributed by atoms with Gasteiger partial charge in [0.2, 0.25) is 0 Å². The molecule has 0 saturated carbocycles. The minimum Gasteiger partial charge on any atom is -0.508 e. The molecule has 190 valence electrons. The molecule has 5 aromatic rings. The molecule has 7 nitrogen and oxygen atoms in total. The third kappa shape index (κ3) is 5.52. The number of rotatable bonds is 9. The summed E-state index contributed by atoms with van der Waals surface area (Å²) in [5.41, 5.74) is 6.99. The van der Waals surface area contributed by atoms with E-state index < -0.39 is 0 Å². The van der Waals surface area contributed by atoms with Gasteiger partial charge >= 0.3 is 0 Å². The van der Waals surface area contributed by atoms with Crippen molar-refractivity contribution in [3.8, 4) is 5.75 Å². The molecule has 0 spiro atoms. The van der Waals surface area contributed by atoms with Gasteiger partial charge in [0.25, 0.3) is 0 Å². The molecule has 0 heterocycles. The maximum atomic E-state index is 11.0. The molecule has 0 bridgehead atoms. The van der Waals surface area contributed by atoms with Crippen LogP contribution in [0.25, 0.3) is 0 Å². The number of nitroso groups, excluding NO2 is 3. The first-order chi connectivity index (χ1) is 19.1. The SMILES string of the molecule is O=Nc1ccc(C(c2ccc(O)cc2)c2ccc(C(c3ccc(N=O)cc3)c3ccc(N=O)cc3)cc2)cc1. The molecule has 0 saturated heterocycles. The molecular formula is C32H23N3O4. The summed E-state index contributed by atoms with van der Waals surface area (Å²) in [5, 5.41) is 18.9. The molecule has 7 heteroatoms. The molecule has 0 fully saturated rings. The number of nitrogens with zero attached hydrogens (tertiary/aromatic N) is 3. The molecule has 39 heavy (non-hydrogen) atoms. The summed E-state index contributed by atoms with van der Waals surface area (Å²) in [5.74, 6) is -0.122. The number of phenols is 1. The van der Waals surface area contributed by atoms with Crippen LogP contribution in [0.15, 0.2) is 137 Å². The van der Waals surface area contributed by atoms with E-state index in [1.165, 1.54) is 0 Å². The molecule has 0 aliphatic rings. The highest BCUT2D eigenvalue weighted by molar-refractivity contribution is 5.52. The fourth-order valence-electron chi connectivity index (χ4n) is 4.89. The van der Waals surface area contributed by atoms with E-state index in [1.807, 2.05) is 48.5 Å². The Morgan fingerprint density at radius 2 is 0.564 bits per heavy atom. The first-order valence-corrected chi connectivity index (χ1v) is 12.3. The van der Waals surface area contributed by atoms with Crippen molar-refractivity contribution in [2.75, 3.05) is 0 Å². The van der Waals surface area contributed by atoms with Crippen molar-refractivity contribution in [1.82, 2.24) is 0 Å². The minimum atomic E-state index is -0.162. The van der Waals surface area contributed by atoms with E-state index in [0.717, 1.165) is 33.4 Å². The van der Waals surface area contributed by atoms with Crippen molar-refractivity contribution < 1.29 is 5.11 Å². The van der Waals surface area contributed by atoms with Crippen molar-refractivity contribution in [3.05, 3.63) is 169 Å². The van der Waals surface area contributed by atoms with E-state index in [0.29, 0.717) is 17.1 Å². The molecule has 1 atom stereocenters. The van der Waals surface area contributed by atoms with Crippen LogP contribution in [-0.4, -0.2) is 5.11 Å². The summed E-state index contributed by atoms with van der Waals surface area (Å²) in [6.07, 6.45) is 0. The second kappa shape index (κ2) is 11.4. The van der Waals surface area contributed by atoms with Gasteiger partial charge in [-0.25, -0.2) is 0 Å². The Hall–Kier alpha value is -5.30. The molecule has 5 rings (SSSR count). The van der Waals surface area contributed by atoms with Crippen LogP contribution < -0.4 is 0 Å². The van der Waals surface area contributed by atoms with Gasteiger partial charge < -0.3 is 5.11 Å². The van der Waals surface area contributed by atoms with E-state index in [2.05, 4.69) is 39.8 Å². The number of hydrogen-bond donors (Lipinski definition) is 1. The Labute approximate surface area is 224 Å². The maximum absolute atomic E-state index is 11.0. The van der Waals surface area contributed by atoms with Gasteiger partial charge in [-0.3, -0.25) is 0 Å². The highest BCUT2D eigenvalue weighted by Crippen LogP contribution is 2.37. The van der Waals surface area contributed by atoms with Gasteiger partial charge in [0, 0.05) is 11.8 Å². The average molecular weight is 514 g/mol. The topological polar surface area (TPSA) is 109 Å². The van der Waals surface area contributed by atoms with E-state index in [9.17, 15) is 19.8 Å². The zero-order valence-electron chi connectivity index (χ0n) is 20.7. The predicted molar refractivity (Wildman–Crippen MR) is 152 cm³/mol. The first-order valence-electron chi connectivity index (χ1n) is 12.3. The Morgan fingerprint density at radius 1 is 0.359 bits per heavy atom. The summed E-state index contributed by atoms with van der Waals surface area (Å²) < 4.78 is 0. The zero-order chi connectivity index (χ0) is 27.2. The second-order valence-corrected chi connectivity index (χ2v) is 9.17. The lowest BCUT2D eigenvalue weighted by Crippen LogP contribution is -2.06. The lowest BCUT2D eigenvalue weighted by molar-refractivity contribution is 0.475. The quantitative estimate of drug-likeness (QED) is 0.157. The lowest BCUT2D eigenvalue weighted by Gasteiger charge is -2.22. The minimum absolute atomic E-state index is 0.144. The monoisotopic (exact) mass is 513 g/mol. The molecule has 1 unspecified atom stereocenters. The van der Waals surface area contributed by atoms with Gasteiger partial charge in [0.1, 0.15) is 22.8 Å². The Balaban J connectivity index is 1.57. The summed E-state index contributed by atoms with van der Waals surface area (Å²) in [4.78, 5) is 32.9. The summed E-state index contributed by atoms with van der Waals surface area (Å²) >= 11 is 0. The third-order valence-electron chi connectivity index (χ3n) is 6.83. The molecule has 0 aliphatic carbocycles. The highest BCUT2D eigenvalue weighted by atomic mass is 16.3. The van der Waals surface area contributed by atoms with Crippen LogP contribution in [0.1, 0.15) is 45.2 Å². The number of aromatic hydroxyl groups is 1. The van der Waals surface area contributed by atoms with Crippen molar-refractivity contribution in [2.24, 2.45) is 15.5 Å². The highest BCUT2D eigenvalue weighted by Gasteiger charge is 2.21. The van der Waals surface area contributed by atoms with Crippen LogP contribution in [0, 0.1) is 14.7 Å². The van der Waals surface area contributed by atoms with E-state index in [4.69, 9.17) is 0 Å². The van der Waals surface area contributed by atoms with Crippen LogP contribution in [0.3, 0.4) is 0 Å². The van der Waals surface area contributed by atoms with Crippen LogP contribution in [0.4, 0.5) is 17.1 Å². The van der Waals surface area contributed by atoms with E-state index >= 15 is 0 Å². The van der Waals surface area contributed by atoms with Crippen LogP contribution in [0.2, 0.25) is 0 Å². The average Bonchev–Trinajstić information content (AvgIpc) is 3.00. The fourth-order valence-corrected chi connectivity index (χ4v) is 4.89. The summed E-state index contributed by atoms with van der Waals surface area (Å²) in [6, 6.07) is 36.7. The van der Waals surface area contributed by atoms with E-state index in [1.54, 1.807) is 48.5 Å².